The number of furan rings is 1. The maximum Gasteiger partial charge on any atom is 0.342 e. The molecule has 3 rings (SSSR count). The number of aromatic nitrogens is 2. The number of esters is 1. The molecule has 8 nitrogen and oxygen atoms in total. The molecule has 0 aliphatic heterocycles. The summed E-state index contributed by atoms with van der Waals surface area (Å²) in [5.74, 6) is 1.36. The minimum atomic E-state index is -0.497. The molecule has 3 aromatic rings. The van der Waals surface area contributed by atoms with Gasteiger partial charge in [0.15, 0.2) is 0 Å². The molecule has 0 aliphatic carbocycles. The normalized spacial score (nSPS) is 10.8. The van der Waals surface area contributed by atoms with E-state index in [1.54, 1.807) is 45.0 Å². The summed E-state index contributed by atoms with van der Waals surface area (Å²) in [6.07, 6.45) is 1.36. The molecule has 0 amide bonds. The summed E-state index contributed by atoms with van der Waals surface area (Å²) in [5, 5.41) is 0.861. The zero-order valence-electron chi connectivity index (χ0n) is 16.2. The lowest BCUT2D eigenvalue weighted by molar-refractivity contribution is 0.0526. The monoisotopic (exact) mass is 405 g/mol. The van der Waals surface area contributed by atoms with E-state index in [9.17, 15) is 4.79 Å². The highest BCUT2D eigenvalue weighted by atomic mass is 35.5. The van der Waals surface area contributed by atoms with Gasteiger partial charge in [0.2, 0.25) is 5.71 Å². The van der Waals surface area contributed by atoms with Crippen molar-refractivity contribution in [1.29, 1.82) is 0 Å². The molecule has 0 spiro atoms. The molecular formula is C19H20ClN3O5. The van der Waals surface area contributed by atoms with Crippen LogP contribution in [0.1, 0.15) is 23.0 Å². The Kier molecular flexibility index (Phi) is 5.60. The van der Waals surface area contributed by atoms with Crippen molar-refractivity contribution >= 4 is 40.2 Å². The Hall–Kier alpha value is -3.00. The van der Waals surface area contributed by atoms with E-state index in [0.717, 1.165) is 0 Å². The fourth-order valence-electron chi connectivity index (χ4n) is 2.95. The van der Waals surface area contributed by atoms with Crippen molar-refractivity contribution in [2.24, 2.45) is 0 Å². The number of ether oxygens (including phenoxy) is 3. The summed E-state index contributed by atoms with van der Waals surface area (Å²) in [6, 6.07) is 3.38. The lowest BCUT2D eigenvalue weighted by atomic mass is 10.1. The summed E-state index contributed by atoms with van der Waals surface area (Å²) in [7, 11) is 4.85. The molecule has 0 saturated heterocycles. The first-order valence-electron chi connectivity index (χ1n) is 8.49. The number of nitrogens with zero attached hydrogens (tertiary/aromatic N) is 3. The van der Waals surface area contributed by atoms with Crippen molar-refractivity contribution < 1.29 is 23.4 Å². The molecule has 2 aromatic heterocycles. The Balaban J connectivity index is 2.22. The molecular weight excluding hydrogens is 386 g/mol. The summed E-state index contributed by atoms with van der Waals surface area (Å²) in [6.45, 7) is 3.66. The number of aryl methyl sites for hydroxylation is 1. The maximum absolute atomic E-state index is 12.5. The number of rotatable bonds is 6. The Morgan fingerprint density at radius 2 is 1.93 bits per heavy atom. The van der Waals surface area contributed by atoms with E-state index in [2.05, 4.69) is 9.97 Å². The molecule has 2 heterocycles. The van der Waals surface area contributed by atoms with Crippen LogP contribution in [0.2, 0.25) is 5.02 Å². The molecule has 0 N–H and O–H groups in total. The van der Waals surface area contributed by atoms with E-state index >= 15 is 0 Å². The van der Waals surface area contributed by atoms with Crippen molar-refractivity contribution in [2.45, 2.75) is 13.8 Å². The van der Waals surface area contributed by atoms with E-state index in [0.29, 0.717) is 39.2 Å². The van der Waals surface area contributed by atoms with Crippen LogP contribution in [-0.2, 0) is 4.74 Å². The fourth-order valence-corrected chi connectivity index (χ4v) is 3.19. The van der Waals surface area contributed by atoms with E-state index in [4.69, 9.17) is 30.2 Å². The molecule has 0 bridgehead atoms. The molecule has 148 valence electrons. The number of benzene rings is 1. The minimum absolute atomic E-state index is 0.242. The van der Waals surface area contributed by atoms with Crippen LogP contribution in [0.4, 0.5) is 11.5 Å². The second-order valence-corrected chi connectivity index (χ2v) is 6.26. The molecule has 0 aliphatic rings. The first-order chi connectivity index (χ1) is 13.4. The third-order valence-electron chi connectivity index (χ3n) is 4.26. The van der Waals surface area contributed by atoms with Gasteiger partial charge >= 0.3 is 5.97 Å². The van der Waals surface area contributed by atoms with Gasteiger partial charge in [0.05, 0.1) is 36.9 Å². The van der Waals surface area contributed by atoms with Gasteiger partial charge in [0.25, 0.3) is 0 Å². The summed E-state index contributed by atoms with van der Waals surface area (Å²) in [4.78, 5) is 22.7. The van der Waals surface area contributed by atoms with Crippen LogP contribution >= 0.6 is 11.6 Å². The lowest BCUT2D eigenvalue weighted by Crippen LogP contribution is -2.14. The van der Waals surface area contributed by atoms with Gasteiger partial charge in [0.1, 0.15) is 35.0 Å². The average Bonchev–Trinajstić information content (AvgIpc) is 3.03. The highest BCUT2D eigenvalue weighted by Crippen LogP contribution is 2.42. The van der Waals surface area contributed by atoms with E-state index < -0.39 is 5.97 Å². The van der Waals surface area contributed by atoms with Crippen molar-refractivity contribution in [1.82, 2.24) is 9.97 Å². The minimum Gasteiger partial charge on any atom is -0.495 e. The standard InChI is InChI=1S/C19H20ClN3O5/c1-6-27-19(24)15-10(2)28-18-16(15)17(21-9-22-18)23(3)12-7-11(20)13(25-4)8-14(12)26-5/h7-9H,6H2,1-5H3. The van der Waals surface area contributed by atoms with E-state index in [1.807, 2.05) is 0 Å². The van der Waals surface area contributed by atoms with Crippen LogP contribution < -0.4 is 14.4 Å². The van der Waals surface area contributed by atoms with E-state index in [1.165, 1.54) is 13.4 Å². The van der Waals surface area contributed by atoms with Gasteiger partial charge in [-0.3, -0.25) is 0 Å². The number of anilines is 2. The first kappa shape index (κ1) is 19.8. The van der Waals surface area contributed by atoms with E-state index in [-0.39, 0.29) is 17.9 Å². The van der Waals surface area contributed by atoms with Gasteiger partial charge in [0, 0.05) is 13.1 Å². The molecule has 28 heavy (non-hydrogen) atoms. The summed E-state index contributed by atoms with van der Waals surface area (Å²) >= 11 is 6.30. The molecule has 9 heteroatoms. The van der Waals surface area contributed by atoms with Crippen molar-refractivity contribution in [3.05, 3.63) is 34.8 Å². The van der Waals surface area contributed by atoms with Crippen LogP contribution in [0.25, 0.3) is 11.1 Å². The molecule has 0 fully saturated rings. The van der Waals surface area contributed by atoms with Crippen molar-refractivity contribution in [2.75, 3.05) is 32.8 Å². The van der Waals surface area contributed by atoms with Crippen molar-refractivity contribution in [3.8, 4) is 11.5 Å². The smallest absolute Gasteiger partial charge is 0.342 e. The Bertz CT molecular complexity index is 1030. The molecule has 0 saturated carbocycles. The quantitative estimate of drug-likeness (QED) is 0.565. The van der Waals surface area contributed by atoms with Gasteiger partial charge in [-0.1, -0.05) is 11.6 Å². The number of halogens is 1. The highest BCUT2D eigenvalue weighted by Gasteiger charge is 2.26. The average molecular weight is 406 g/mol. The van der Waals surface area contributed by atoms with Gasteiger partial charge in [-0.05, 0) is 19.9 Å². The Morgan fingerprint density at radius 3 is 2.57 bits per heavy atom. The van der Waals surface area contributed by atoms with Crippen LogP contribution in [0, 0.1) is 6.92 Å². The molecule has 1 aromatic carbocycles. The van der Waals surface area contributed by atoms with Crippen LogP contribution in [0.5, 0.6) is 11.5 Å². The number of hydrogen-bond acceptors (Lipinski definition) is 8. The lowest BCUT2D eigenvalue weighted by Gasteiger charge is -2.22. The topological polar surface area (TPSA) is 86.9 Å². The zero-order valence-corrected chi connectivity index (χ0v) is 17.0. The second-order valence-electron chi connectivity index (χ2n) is 5.85. The Labute approximate surface area is 167 Å². The predicted octanol–water partition coefficient (Wildman–Crippen LogP) is 4.15. The third-order valence-corrected chi connectivity index (χ3v) is 4.55. The largest absolute Gasteiger partial charge is 0.495 e. The zero-order chi connectivity index (χ0) is 20.4. The first-order valence-corrected chi connectivity index (χ1v) is 8.87. The van der Waals surface area contributed by atoms with Gasteiger partial charge in [-0.25, -0.2) is 14.8 Å². The number of fused-ring (bicyclic) bond motifs is 1. The highest BCUT2D eigenvalue weighted by molar-refractivity contribution is 6.32. The maximum atomic E-state index is 12.5. The number of hydrogen-bond donors (Lipinski definition) is 0. The second kappa shape index (κ2) is 7.93. The number of carbonyl (C=O) groups is 1. The molecule has 0 unspecified atom stereocenters. The van der Waals surface area contributed by atoms with Crippen LogP contribution in [-0.4, -0.2) is 43.8 Å². The molecule has 0 atom stereocenters. The number of carbonyl (C=O) groups excluding carboxylic acids is 1. The van der Waals surface area contributed by atoms with Gasteiger partial charge in [-0.2, -0.15) is 0 Å². The Morgan fingerprint density at radius 1 is 1.21 bits per heavy atom. The van der Waals surface area contributed by atoms with Crippen LogP contribution in [0.3, 0.4) is 0 Å². The third kappa shape index (κ3) is 3.31. The van der Waals surface area contributed by atoms with Gasteiger partial charge in [-0.15, -0.1) is 0 Å². The predicted molar refractivity (Wildman–Crippen MR) is 105 cm³/mol. The fraction of sp³-hybridized carbons (Fsp3) is 0.316. The van der Waals surface area contributed by atoms with Crippen LogP contribution in [0.15, 0.2) is 22.9 Å². The number of methoxy groups -OCH3 is 2. The summed E-state index contributed by atoms with van der Waals surface area (Å²) < 4.78 is 21.6. The summed E-state index contributed by atoms with van der Waals surface area (Å²) in [5.41, 5.74) is 1.20. The van der Waals surface area contributed by atoms with Gasteiger partial charge < -0.3 is 23.5 Å². The SMILES string of the molecule is CCOC(=O)c1c(C)oc2ncnc(N(C)c3cc(Cl)c(OC)cc3OC)c12. The molecule has 0 radical (unpaired) electrons. The van der Waals surface area contributed by atoms with Crippen molar-refractivity contribution in [3.63, 3.8) is 0 Å².